The molecule has 1 saturated carbocycles. The third-order valence-corrected chi connectivity index (χ3v) is 3.94. The SMILES string of the molecule is C[C@@H]1CC[C@H](NC(=O)N(CCO)CC(F)F)C[C@H]1C. The van der Waals surface area contributed by atoms with Crippen LogP contribution in [0.15, 0.2) is 0 Å². The van der Waals surface area contributed by atoms with Crippen molar-refractivity contribution < 1.29 is 18.7 Å². The molecule has 2 N–H and O–H groups in total. The van der Waals surface area contributed by atoms with Crippen molar-refractivity contribution in [3.8, 4) is 0 Å². The highest BCUT2D eigenvalue weighted by Gasteiger charge is 2.27. The van der Waals surface area contributed by atoms with E-state index in [0.717, 1.165) is 24.2 Å². The maximum absolute atomic E-state index is 12.4. The van der Waals surface area contributed by atoms with E-state index in [9.17, 15) is 13.6 Å². The van der Waals surface area contributed by atoms with Crippen LogP contribution in [-0.2, 0) is 0 Å². The summed E-state index contributed by atoms with van der Waals surface area (Å²) in [4.78, 5) is 12.9. The highest BCUT2D eigenvalue weighted by molar-refractivity contribution is 5.74. The molecule has 2 amide bonds. The smallest absolute Gasteiger partial charge is 0.317 e. The van der Waals surface area contributed by atoms with Crippen molar-refractivity contribution in [1.82, 2.24) is 10.2 Å². The van der Waals surface area contributed by atoms with E-state index >= 15 is 0 Å². The lowest BCUT2D eigenvalue weighted by Gasteiger charge is -2.34. The van der Waals surface area contributed by atoms with Gasteiger partial charge in [-0.1, -0.05) is 13.8 Å². The Hall–Kier alpha value is -0.910. The monoisotopic (exact) mass is 278 g/mol. The molecule has 0 heterocycles. The van der Waals surface area contributed by atoms with Gasteiger partial charge in [0.2, 0.25) is 0 Å². The zero-order valence-corrected chi connectivity index (χ0v) is 11.6. The molecule has 0 aliphatic heterocycles. The molecule has 0 aromatic heterocycles. The number of carbonyl (C=O) groups excluding carboxylic acids is 1. The molecule has 1 fully saturated rings. The zero-order valence-electron chi connectivity index (χ0n) is 11.6. The Bertz CT molecular complexity index is 290. The molecule has 0 spiro atoms. The quantitative estimate of drug-likeness (QED) is 0.809. The minimum atomic E-state index is -2.58. The van der Waals surface area contributed by atoms with E-state index < -0.39 is 19.0 Å². The van der Waals surface area contributed by atoms with Crippen molar-refractivity contribution in [2.75, 3.05) is 19.7 Å². The van der Waals surface area contributed by atoms with E-state index in [0.29, 0.717) is 11.8 Å². The van der Waals surface area contributed by atoms with Crippen LogP contribution in [0.5, 0.6) is 0 Å². The van der Waals surface area contributed by atoms with Crippen LogP contribution in [0.2, 0.25) is 0 Å². The molecule has 4 nitrogen and oxygen atoms in total. The van der Waals surface area contributed by atoms with E-state index in [-0.39, 0.29) is 19.2 Å². The van der Waals surface area contributed by atoms with E-state index in [4.69, 9.17) is 5.11 Å². The Morgan fingerprint density at radius 1 is 1.37 bits per heavy atom. The number of hydrogen-bond acceptors (Lipinski definition) is 2. The molecule has 112 valence electrons. The summed E-state index contributed by atoms with van der Waals surface area (Å²) in [5.74, 6) is 1.17. The number of hydrogen-bond donors (Lipinski definition) is 2. The summed E-state index contributed by atoms with van der Waals surface area (Å²) in [6.45, 7) is 3.34. The fourth-order valence-electron chi connectivity index (χ4n) is 2.51. The highest BCUT2D eigenvalue weighted by Crippen LogP contribution is 2.29. The van der Waals surface area contributed by atoms with Gasteiger partial charge in [0.25, 0.3) is 6.43 Å². The maximum atomic E-state index is 12.4. The molecule has 0 unspecified atom stereocenters. The van der Waals surface area contributed by atoms with Crippen LogP contribution in [0, 0.1) is 11.8 Å². The van der Waals surface area contributed by atoms with Crippen LogP contribution >= 0.6 is 0 Å². The van der Waals surface area contributed by atoms with Gasteiger partial charge in [-0.2, -0.15) is 0 Å². The van der Waals surface area contributed by atoms with Crippen LogP contribution in [-0.4, -0.2) is 48.2 Å². The van der Waals surface area contributed by atoms with Crippen LogP contribution in [0.25, 0.3) is 0 Å². The summed E-state index contributed by atoms with van der Waals surface area (Å²) < 4.78 is 24.7. The lowest BCUT2D eigenvalue weighted by Crippen LogP contribution is -2.49. The van der Waals surface area contributed by atoms with Crippen LogP contribution < -0.4 is 5.32 Å². The van der Waals surface area contributed by atoms with Gasteiger partial charge < -0.3 is 15.3 Å². The summed E-state index contributed by atoms with van der Waals surface area (Å²) in [6, 6.07) is -0.446. The lowest BCUT2D eigenvalue weighted by molar-refractivity contribution is 0.0877. The molecule has 3 atom stereocenters. The molecule has 1 rings (SSSR count). The first-order valence-corrected chi connectivity index (χ1v) is 6.88. The molecular weight excluding hydrogens is 254 g/mol. The zero-order chi connectivity index (χ0) is 14.4. The van der Waals surface area contributed by atoms with E-state index in [1.165, 1.54) is 0 Å². The van der Waals surface area contributed by atoms with Gasteiger partial charge in [-0.05, 0) is 31.1 Å². The van der Waals surface area contributed by atoms with Gasteiger partial charge in [-0.3, -0.25) is 0 Å². The number of aliphatic hydroxyl groups is 1. The molecule has 0 radical (unpaired) electrons. The van der Waals surface area contributed by atoms with Crippen LogP contribution in [0.3, 0.4) is 0 Å². The van der Waals surface area contributed by atoms with Gasteiger partial charge in [0.15, 0.2) is 0 Å². The van der Waals surface area contributed by atoms with Gasteiger partial charge in [0.05, 0.1) is 13.2 Å². The Morgan fingerprint density at radius 3 is 2.58 bits per heavy atom. The van der Waals surface area contributed by atoms with Crippen molar-refractivity contribution >= 4 is 6.03 Å². The standard InChI is InChI=1S/C13H24F2N2O2/c1-9-3-4-11(7-10(9)2)16-13(19)17(5-6-18)8-12(14)15/h9-12,18H,3-8H2,1-2H3,(H,16,19)/t9-,10-,11+/m1/s1. The minimum absolute atomic E-state index is 0.0533. The van der Waals surface area contributed by atoms with Crippen molar-refractivity contribution in [3.05, 3.63) is 0 Å². The first-order chi connectivity index (χ1) is 8.93. The van der Waals surface area contributed by atoms with E-state index in [2.05, 4.69) is 19.2 Å². The van der Waals surface area contributed by atoms with Gasteiger partial charge in [0, 0.05) is 12.6 Å². The summed E-state index contributed by atoms with van der Waals surface area (Å²) in [5, 5.41) is 11.6. The number of halogens is 2. The van der Waals surface area contributed by atoms with Crippen LogP contribution in [0.1, 0.15) is 33.1 Å². The molecular formula is C13H24F2N2O2. The Morgan fingerprint density at radius 2 is 2.05 bits per heavy atom. The lowest BCUT2D eigenvalue weighted by atomic mass is 9.79. The Kier molecular flexibility index (Phi) is 6.48. The summed E-state index contributed by atoms with van der Waals surface area (Å²) >= 11 is 0. The minimum Gasteiger partial charge on any atom is -0.395 e. The fraction of sp³-hybridized carbons (Fsp3) is 0.923. The highest BCUT2D eigenvalue weighted by atomic mass is 19.3. The molecule has 19 heavy (non-hydrogen) atoms. The third-order valence-electron chi connectivity index (χ3n) is 3.94. The number of carbonyl (C=O) groups is 1. The summed E-state index contributed by atoms with van der Waals surface area (Å²) in [6.07, 6.45) is 0.233. The molecule has 0 saturated heterocycles. The fourth-order valence-corrected chi connectivity index (χ4v) is 2.51. The molecule has 0 bridgehead atoms. The summed E-state index contributed by atoms with van der Waals surface area (Å²) in [7, 11) is 0. The van der Waals surface area contributed by atoms with Gasteiger partial charge in [-0.25, -0.2) is 13.6 Å². The normalized spacial score (nSPS) is 27.4. The topological polar surface area (TPSA) is 52.6 Å². The van der Waals surface area contributed by atoms with Gasteiger partial charge in [0.1, 0.15) is 0 Å². The summed E-state index contributed by atoms with van der Waals surface area (Å²) in [5.41, 5.74) is 0. The number of rotatable bonds is 5. The second kappa shape index (κ2) is 7.62. The molecule has 6 heteroatoms. The predicted octanol–water partition coefficient (Wildman–Crippen LogP) is 2.08. The predicted molar refractivity (Wildman–Crippen MR) is 69.2 cm³/mol. The number of aliphatic hydroxyl groups excluding tert-OH is 1. The largest absolute Gasteiger partial charge is 0.395 e. The average molecular weight is 278 g/mol. The van der Waals surface area contributed by atoms with Crippen molar-refractivity contribution in [2.24, 2.45) is 11.8 Å². The second-order valence-electron chi connectivity index (χ2n) is 5.47. The maximum Gasteiger partial charge on any atom is 0.317 e. The molecule has 0 aromatic carbocycles. The molecule has 1 aliphatic rings. The Labute approximate surface area is 113 Å². The average Bonchev–Trinajstić information content (AvgIpc) is 2.33. The third kappa shape index (κ3) is 5.30. The van der Waals surface area contributed by atoms with Gasteiger partial charge >= 0.3 is 6.03 Å². The van der Waals surface area contributed by atoms with Crippen molar-refractivity contribution in [1.29, 1.82) is 0 Å². The Balaban J connectivity index is 2.47. The van der Waals surface area contributed by atoms with Gasteiger partial charge in [-0.15, -0.1) is 0 Å². The number of nitrogens with zero attached hydrogens (tertiary/aromatic N) is 1. The second-order valence-corrected chi connectivity index (χ2v) is 5.47. The number of urea groups is 1. The first-order valence-electron chi connectivity index (χ1n) is 6.88. The van der Waals surface area contributed by atoms with E-state index in [1.807, 2.05) is 0 Å². The van der Waals surface area contributed by atoms with Crippen molar-refractivity contribution in [2.45, 2.75) is 45.6 Å². The molecule has 0 aromatic rings. The molecule has 1 aliphatic carbocycles. The van der Waals surface area contributed by atoms with Crippen molar-refractivity contribution in [3.63, 3.8) is 0 Å². The number of nitrogens with one attached hydrogen (secondary N) is 1. The van der Waals surface area contributed by atoms with E-state index in [1.54, 1.807) is 0 Å². The van der Waals surface area contributed by atoms with Crippen LogP contribution in [0.4, 0.5) is 13.6 Å². The number of amides is 2. The first kappa shape index (κ1) is 16.1. The number of alkyl halides is 2.